The van der Waals surface area contributed by atoms with Gasteiger partial charge in [-0.25, -0.2) is 4.79 Å². The monoisotopic (exact) mass is 486 g/mol. The molecule has 0 fully saturated rings. The maximum absolute atomic E-state index is 12.4. The van der Waals surface area contributed by atoms with Crippen molar-refractivity contribution in [3.8, 4) is 0 Å². The molecule has 1 aromatic heterocycles. The van der Waals surface area contributed by atoms with Crippen molar-refractivity contribution < 1.29 is 9.53 Å². The third-order valence-corrected chi connectivity index (χ3v) is 6.51. The number of ether oxygens (including phenoxy) is 1. The van der Waals surface area contributed by atoms with Gasteiger partial charge in [-0.1, -0.05) is 18.6 Å². The first-order chi connectivity index (χ1) is 12.1. The summed E-state index contributed by atoms with van der Waals surface area (Å²) in [4.78, 5) is 13.6. The fraction of sp³-hybridized carbons (Fsp3) is 0.333. The van der Waals surface area contributed by atoms with Crippen molar-refractivity contribution in [2.75, 3.05) is 17.7 Å². The Morgan fingerprint density at radius 1 is 1.20 bits per heavy atom. The minimum absolute atomic E-state index is 0.293. The lowest BCUT2D eigenvalue weighted by Gasteiger charge is -2.12. The number of halogens is 1. The second-order valence-electron chi connectivity index (χ2n) is 5.82. The molecule has 0 saturated carbocycles. The van der Waals surface area contributed by atoms with Crippen molar-refractivity contribution in [2.24, 2.45) is 0 Å². The Bertz CT molecular complexity index is 804. The van der Waals surface area contributed by atoms with Gasteiger partial charge < -0.3 is 15.4 Å². The summed E-state index contributed by atoms with van der Waals surface area (Å²) in [7, 11) is 1.43. The van der Waals surface area contributed by atoms with Crippen LogP contribution >= 0.6 is 46.1 Å². The third kappa shape index (κ3) is 4.32. The molecule has 2 aromatic rings. The predicted molar refractivity (Wildman–Crippen MR) is 116 cm³/mol. The number of para-hydroxylation sites is 1. The average Bonchev–Trinajstić information content (AvgIpc) is 2.77. The number of aryl methyl sites for hydroxylation is 1. The number of carbonyl (C=O) groups is 1. The number of benzene rings is 1. The fourth-order valence-electron chi connectivity index (χ4n) is 2.97. The molecule has 25 heavy (non-hydrogen) atoms. The van der Waals surface area contributed by atoms with Crippen molar-refractivity contribution in [1.82, 2.24) is 0 Å². The first-order valence-corrected chi connectivity index (χ1v) is 10.5. The van der Waals surface area contributed by atoms with Crippen LogP contribution in [0.25, 0.3) is 0 Å². The van der Waals surface area contributed by atoms with Gasteiger partial charge in [-0.2, -0.15) is 0 Å². The smallest absolute Gasteiger partial charge is 0.341 e. The lowest BCUT2D eigenvalue weighted by molar-refractivity contribution is 0.0601. The zero-order valence-electron chi connectivity index (χ0n) is 13.9. The lowest BCUT2D eigenvalue weighted by atomic mass is 10.1. The molecule has 0 spiro atoms. The molecule has 2 N–H and O–H groups in total. The predicted octanol–water partition coefficient (Wildman–Crippen LogP) is 5.22. The van der Waals surface area contributed by atoms with Crippen LogP contribution < -0.4 is 10.6 Å². The molecule has 1 heterocycles. The molecule has 0 radical (unpaired) electrons. The number of rotatable bonds is 3. The van der Waals surface area contributed by atoms with E-state index < -0.39 is 0 Å². The van der Waals surface area contributed by atoms with Crippen LogP contribution in [0.4, 0.5) is 10.7 Å². The number of thiophene rings is 1. The molecular weight excluding hydrogens is 467 g/mol. The Hall–Kier alpha value is -1.19. The summed E-state index contributed by atoms with van der Waals surface area (Å²) in [5.41, 5.74) is 2.73. The SMILES string of the molecule is COC(=O)c1c(NC(=S)Nc2ccccc2I)sc2c1CCCCC2. The Morgan fingerprint density at radius 3 is 2.72 bits per heavy atom. The number of methoxy groups -OCH3 is 1. The number of fused-ring (bicyclic) bond motifs is 1. The summed E-state index contributed by atoms with van der Waals surface area (Å²) in [6.45, 7) is 0. The molecule has 0 bridgehead atoms. The molecule has 0 aliphatic heterocycles. The quantitative estimate of drug-likeness (QED) is 0.270. The van der Waals surface area contributed by atoms with Gasteiger partial charge in [0, 0.05) is 8.45 Å². The summed E-state index contributed by atoms with van der Waals surface area (Å²) < 4.78 is 6.11. The van der Waals surface area contributed by atoms with E-state index in [-0.39, 0.29) is 5.97 Å². The highest BCUT2D eigenvalue weighted by Gasteiger charge is 2.25. The molecule has 0 unspecified atom stereocenters. The van der Waals surface area contributed by atoms with Crippen molar-refractivity contribution in [1.29, 1.82) is 0 Å². The summed E-state index contributed by atoms with van der Waals surface area (Å²) in [5, 5.41) is 7.67. The molecule has 1 aromatic carbocycles. The van der Waals surface area contributed by atoms with Crippen LogP contribution in [0.15, 0.2) is 24.3 Å². The molecule has 0 amide bonds. The van der Waals surface area contributed by atoms with E-state index in [1.54, 1.807) is 11.3 Å². The van der Waals surface area contributed by atoms with Crippen LogP contribution in [-0.2, 0) is 17.6 Å². The Kier molecular flexibility index (Phi) is 6.29. The zero-order chi connectivity index (χ0) is 17.8. The van der Waals surface area contributed by atoms with Gasteiger partial charge in [0.05, 0.1) is 18.4 Å². The molecular formula is C18H19IN2O2S2. The van der Waals surface area contributed by atoms with Crippen LogP contribution in [0.1, 0.15) is 40.1 Å². The number of thiocarbonyl (C=S) groups is 1. The van der Waals surface area contributed by atoms with E-state index in [2.05, 4.69) is 33.2 Å². The summed E-state index contributed by atoms with van der Waals surface area (Å²) in [5.74, 6) is -0.293. The second kappa shape index (κ2) is 8.46. The second-order valence-corrected chi connectivity index (χ2v) is 8.49. The van der Waals surface area contributed by atoms with E-state index >= 15 is 0 Å². The van der Waals surface area contributed by atoms with Gasteiger partial charge in [0.25, 0.3) is 0 Å². The number of hydrogen-bond acceptors (Lipinski definition) is 4. The average molecular weight is 486 g/mol. The number of carbonyl (C=O) groups excluding carboxylic acids is 1. The van der Waals surface area contributed by atoms with Crippen LogP contribution in [0.5, 0.6) is 0 Å². The Morgan fingerprint density at radius 2 is 1.96 bits per heavy atom. The number of esters is 1. The van der Waals surface area contributed by atoms with Gasteiger partial charge in [0.1, 0.15) is 5.00 Å². The Labute approximate surface area is 170 Å². The summed E-state index contributed by atoms with van der Waals surface area (Å²) >= 11 is 9.34. The number of anilines is 2. The minimum atomic E-state index is -0.293. The van der Waals surface area contributed by atoms with E-state index in [1.807, 2.05) is 24.3 Å². The highest BCUT2D eigenvalue weighted by atomic mass is 127. The topological polar surface area (TPSA) is 50.4 Å². The van der Waals surface area contributed by atoms with Gasteiger partial charge in [0.15, 0.2) is 5.11 Å². The van der Waals surface area contributed by atoms with Crippen molar-refractivity contribution >= 4 is 67.9 Å². The van der Waals surface area contributed by atoms with Gasteiger partial charge in [-0.05, 0) is 78.2 Å². The van der Waals surface area contributed by atoms with E-state index in [4.69, 9.17) is 17.0 Å². The molecule has 0 saturated heterocycles. The van der Waals surface area contributed by atoms with Crippen molar-refractivity contribution in [3.05, 3.63) is 43.8 Å². The third-order valence-electron chi connectivity index (χ3n) is 4.16. The maximum Gasteiger partial charge on any atom is 0.341 e. The molecule has 0 atom stereocenters. The number of nitrogens with one attached hydrogen (secondary N) is 2. The number of hydrogen-bond donors (Lipinski definition) is 2. The summed E-state index contributed by atoms with van der Waals surface area (Å²) in [6.07, 6.45) is 5.42. The highest BCUT2D eigenvalue weighted by Crippen LogP contribution is 2.38. The zero-order valence-corrected chi connectivity index (χ0v) is 17.6. The van der Waals surface area contributed by atoms with Gasteiger partial charge in [-0.15, -0.1) is 11.3 Å². The standard InChI is InChI=1S/C18H19IN2O2S2/c1-23-17(22)15-11-7-3-2-4-10-14(11)25-16(15)21-18(24)20-13-9-6-5-8-12(13)19/h5-6,8-9H,2-4,7,10H2,1H3,(H2,20,21,24). The minimum Gasteiger partial charge on any atom is -0.465 e. The first kappa shape index (κ1) is 18.6. The van der Waals surface area contributed by atoms with Gasteiger partial charge in [0.2, 0.25) is 0 Å². The Balaban J connectivity index is 1.85. The largest absolute Gasteiger partial charge is 0.465 e. The van der Waals surface area contributed by atoms with Crippen LogP contribution in [0, 0.1) is 3.57 Å². The first-order valence-electron chi connectivity index (χ1n) is 8.15. The van der Waals surface area contributed by atoms with Crippen LogP contribution in [0.3, 0.4) is 0 Å². The molecule has 1 aliphatic carbocycles. The van der Waals surface area contributed by atoms with Gasteiger partial charge in [-0.3, -0.25) is 0 Å². The van der Waals surface area contributed by atoms with Crippen molar-refractivity contribution in [3.63, 3.8) is 0 Å². The van der Waals surface area contributed by atoms with Crippen molar-refractivity contribution in [2.45, 2.75) is 32.1 Å². The molecule has 3 rings (SSSR count). The maximum atomic E-state index is 12.4. The van der Waals surface area contributed by atoms with E-state index in [0.717, 1.165) is 39.1 Å². The summed E-state index contributed by atoms with van der Waals surface area (Å²) in [6, 6.07) is 7.93. The van der Waals surface area contributed by atoms with Crippen LogP contribution in [-0.4, -0.2) is 18.2 Å². The normalized spacial score (nSPS) is 13.5. The lowest BCUT2D eigenvalue weighted by Crippen LogP contribution is -2.20. The van der Waals surface area contributed by atoms with Gasteiger partial charge >= 0.3 is 5.97 Å². The van der Waals surface area contributed by atoms with Crippen LogP contribution in [0.2, 0.25) is 0 Å². The molecule has 7 heteroatoms. The molecule has 1 aliphatic rings. The van der Waals surface area contributed by atoms with E-state index in [0.29, 0.717) is 10.7 Å². The highest BCUT2D eigenvalue weighted by molar-refractivity contribution is 14.1. The molecule has 4 nitrogen and oxygen atoms in total. The molecule has 132 valence electrons. The fourth-order valence-corrected chi connectivity index (χ4v) is 5.05. The van der Waals surface area contributed by atoms with E-state index in [9.17, 15) is 4.79 Å². The van der Waals surface area contributed by atoms with E-state index in [1.165, 1.54) is 24.8 Å².